The van der Waals surface area contributed by atoms with Gasteiger partial charge in [-0.05, 0) is 56.2 Å². The number of benzene rings is 1. The highest BCUT2D eigenvalue weighted by Crippen LogP contribution is 2.23. The highest BCUT2D eigenvalue weighted by atomic mass is 35.5. The van der Waals surface area contributed by atoms with E-state index in [0.29, 0.717) is 36.4 Å². The van der Waals surface area contributed by atoms with Gasteiger partial charge in [0.05, 0.1) is 0 Å². The van der Waals surface area contributed by atoms with Gasteiger partial charge < -0.3 is 10.6 Å². The summed E-state index contributed by atoms with van der Waals surface area (Å²) in [6.07, 6.45) is 5.95. The van der Waals surface area contributed by atoms with Crippen molar-refractivity contribution >= 4 is 23.4 Å². The molecular formula is C18H23ClN2O2. The molecule has 2 aliphatic carbocycles. The largest absolute Gasteiger partial charge is 0.353 e. The number of carbonyl (C=O) groups is 2. The van der Waals surface area contributed by atoms with Crippen LogP contribution in [-0.2, 0) is 16.0 Å². The van der Waals surface area contributed by atoms with Gasteiger partial charge in [0.15, 0.2) is 0 Å². The van der Waals surface area contributed by atoms with E-state index in [-0.39, 0.29) is 17.7 Å². The van der Waals surface area contributed by atoms with Gasteiger partial charge in [-0.15, -0.1) is 0 Å². The molecule has 4 nitrogen and oxygen atoms in total. The van der Waals surface area contributed by atoms with Crippen LogP contribution in [0.15, 0.2) is 24.3 Å². The number of hydrogen-bond donors (Lipinski definition) is 2. The maximum atomic E-state index is 12.4. The smallest absolute Gasteiger partial charge is 0.223 e. The zero-order chi connectivity index (χ0) is 16.2. The summed E-state index contributed by atoms with van der Waals surface area (Å²) in [5.41, 5.74) is 1.08. The monoisotopic (exact) mass is 334 g/mol. The Morgan fingerprint density at radius 3 is 2.26 bits per heavy atom. The summed E-state index contributed by atoms with van der Waals surface area (Å²) in [5, 5.41) is 6.74. The molecule has 0 radical (unpaired) electrons. The van der Waals surface area contributed by atoms with Gasteiger partial charge >= 0.3 is 0 Å². The van der Waals surface area contributed by atoms with E-state index in [1.807, 2.05) is 24.3 Å². The molecule has 3 rings (SSSR count). The molecule has 2 saturated carbocycles. The minimum absolute atomic E-state index is 0.0628. The average Bonchev–Trinajstić information content (AvgIpc) is 3.42. The first-order valence-electron chi connectivity index (χ1n) is 8.44. The molecular weight excluding hydrogens is 312 g/mol. The van der Waals surface area contributed by atoms with Crippen molar-refractivity contribution in [2.24, 2.45) is 5.92 Å². The molecule has 0 bridgehead atoms. The standard InChI is InChI=1S/C18H23ClN2O2/c19-14-4-1-12(2-5-14)11-13(18(23)21-16-8-9-16)3-10-17(22)20-15-6-7-15/h1-2,4-5,13,15-16H,3,6-11H2,(H,20,22)(H,21,23). The van der Waals surface area contributed by atoms with E-state index in [2.05, 4.69) is 10.6 Å². The lowest BCUT2D eigenvalue weighted by Gasteiger charge is -2.17. The van der Waals surface area contributed by atoms with Gasteiger partial charge in [-0.1, -0.05) is 23.7 Å². The molecule has 0 aromatic heterocycles. The van der Waals surface area contributed by atoms with Gasteiger partial charge in [0, 0.05) is 29.4 Å². The lowest BCUT2D eigenvalue weighted by atomic mass is 9.93. The predicted octanol–water partition coefficient (Wildman–Crippen LogP) is 2.84. The topological polar surface area (TPSA) is 58.2 Å². The summed E-state index contributed by atoms with van der Waals surface area (Å²) in [7, 11) is 0. The minimum atomic E-state index is -0.165. The Bertz CT molecular complexity index is 565. The second-order valence-corrected chi connectivity index (χ2v) is 7.13. The number of carbonyl (C=O) groups excluding carboxylic acids is 2. The van der Waals surface area contributed by atoms with Crippen LogP contribution < -0.4 is 10.6 Å². The Morgan fingerprint density at radius 2 is 1.65 bits per heavy atom. The first kappa shape index (κ1) is 16.3. The van der Waals surface area contributed by atoms with E-state index < -0.39 is 0 Å². The van der Waals surface area contributed by atoms with Crippen molar-refractivity contribution in [1.82, 2.24) is 10.6 Å². The van der Waals surface area contributed by atoms with Crippen molar-refractivity contribution in [3.8, 4) is 0 Å². The fourth-order valence-electron chi connectivity index (χ4n) is 2.61. The molecule has 2 N–H and O–H groups in total. The Balaban J connectivity index is 1.56. The van der Waals surface area contributed by atoms with Gasteiger partial charge in [0.1, 0.15) is 0 Å². The van der Waals surface area contributed by atoms with E-state index in [9.17, 15) is 9.59 Å². The fourth-order valence-corrected chi connectivity index (χ4v) is 2.74. The summed E-state index contributed by atoms with van der Waals surface area (Å²) in [4.78, 5) is 24.3. The van der Waals surface area contributed by atoms with Gasteiger partial charge in [-0.3, -0.25) is 9.59 Å². The van der Waals surface area contributed by atoms with Crippen molar-refractivity contribution in [1.29, 1.82) is 0 Å². The molecule has 1 atom stereocenters. The number of nitrogens with one attached hydrogen (secondary N) is 2. The number of amides is 2. The van der Waals surface area contributed by atoms with E-state index in [1.54, 1.807) is 0 Å². The summed E-state index contributed by atoms with van der Waals surface area (Å²) in [6, 6.07) is 8.29. The van der Waals surface area contributed by atoms with E-state index in [1.165, 1.54) is 0 Å². The zero-order valence-corrected chi connectivity index (χ0v) is 13.9. The van der Waals surface area contributed by atoms with Crippen LogP contribution in [0.1, 0.15) is 44.1 Å². The Kier molecular flexibility index (Phi) is 5.21. The van der Waals surface area contributed by atoms with Crippen molar-refractivity contribution in [3.63, 3.8) is 0 Å². The molecule has 0 spiro atoms. The van der Waals surface area contributed by atoms with Gasteiger partial charge in [0.2, 0.25) is 11.8 Å². The summed E-state index contributed by atoms with van der Waals surface area (Å²) < 4.78 is 0. The number of hydrogen-bond acceptors (Lipinski definition) is 2. The van der Waals surface area contributed by atoms with E-state index in [0.717, 1.165) is 31.2 Å². The lowest BCUT2D eigenvalue weighted by Crippen LogP contribution is -2.34. The Hall–Kier alpha value is -1.55. The first-order chi connectivity index (χ1) is 11.1. The van der Waals surface area contributed by atoms with Crippen LogP contribution in [0.5, 0.6) is 0 Å². The van der Waals surface area contributed by atoms with Crippen LogP contribution in [0.3, 0.4) is 0 Å². The Labute approximate surface area is 142 Å². The highest BCUT2D eigenvalue weighted by Gasteiger charge is 2.28. The van der Waals surface area contributed by atoms with Crippen LogP contribution in [0, 0.1) is 5.92 Å². The lowest BCUT2D eigenvalue weighted by molar-refractivity contribution is -0.126. The third-order valence-electron chi connectivity index (χ3n) is 4.35. The van der Waals surface area contributed by atoms with Gasteiger partial charge in [-0.25, -0.2) is 0 Å². The zero-order valence-electron chi connectivity index (χ0n) is 13.2. The van der Waals surface area contributed by atoms with Crippen molar-refractivity contribution in [2.45, 2.75) is 57.0 Å². The molecule has 2 aliphatic rings. The molecule has 23 heavy (non-hydrogen) atoms. The second-order valence-electron chi connectivity index (χ2n) is 6.69. The number of rotatable bonds is 8. The molecule has 0 aliphatic heterocycles. The van der Waals surface area contributed by atoms with E-state index >= 15 is 0 Å². The maximum Gasteiger partial charge on any atom is 0.223 e. The summed E-state index contributed by atoms with van der Waals surface area (Å²) in [6.45, 7) is 0. The number of halogens is 1. The quantitative estimate of drug-likeness (QED) is 0.768. The molecule has 124 valence electrons. The highest BCUT2D eigenvalue weighted by molar-refractivity contribution is 6.30. The van der Waals surface area contributed by atoms with Crippen molar-refractivity contribution in [2.75, 3.05) is 0 Å². The molecule has 2 fully saturated rings. The molecule has 2 amide bonds. The Morgan fingerprint density at radius 1 is 1.04 bits per heavy atom. The molecule has 0 saturated heterocycles. The van der Waals surface area contributed by atoms with Gasteiger partial charge in [0.25, 0.3) is 0 Å². The minimum Gasteiger partial charge on any atom is -0.353 e. The molecule has 0 heterocycles. The molecule has 1 aromatic rings. The molecule has 1 aromatic carbocycles. The molecule has 5 heteroatoms. The third kappa shape index (κ3) is 5.54. The maximum absolute atomic E-state index is 12.4. The first-order valence-corrected chi connectivity index (χ1v) is 8.82. The van der Waals surface area contributed by atoms with Crippen molar-refractivity contribution < 1.29 is 9.59 Å². The van der Waals surface area contributed by atoms with Crippen molar-refractivity contribution in [3.05, 3.63) is 34.9 Å². The summed E-state index contributed by atoms with van der Waals surface area (Å²) in [5.74, 6) is -0.0313. The molecule has 1 unspecified atom stereocenters. The average molecular weight is 335 g/mol. The van der Waals surface area contributed by atoms with Crippen LogP contribution in [0.4, 0.5) is 0 Å². The SMILES string of the molecule is O=C(CCC(Cc1ccc(Cl)cc1)C(=O)NC1CC1)NC1CC1. The van der Waals surface area contributed by atoms with Gasteiger partial charge in [-0.2, -0.15) is 0 Å². The normalized spacial score (nSPS) is 18.3. The second kappa shape index (κ2) is 7.35. The third-order valence-corrected chi connectivity index (χ3v) is 4.60. The van der Waals surface area contributed by atoms with Crippen LogP contribution in [-0.4, -0.2) is 23.9 Å². The predicted molar refractivity (Wildman–Crippen MR) is 90.2 cm³/mol. The van der Waals surface area contributed by atoms with Crippen LogP contribution >= 0.6 is 11.6 Å². The van der Waals surface area contributed by atoms with E-state index in [4.69, 9.17) is 11.6 Å². The van der Waals surface area contributed by atoms with Crippen LogP contribution in [0.2, 0.25) is 5.02 Å². The summed E-state index contributed by atoms with van der Waals surface area (Å²) >= 11 is 5.91. The fraction of sp³-hybridized carbons (Fsp3) is 0.556. The van der Waals surface area contributed by atoms with Crippen LogP contribution in [0.25, 0.3) is 0 Å².